The summed E-state index contributed by atoms with van der Waals surface area (Å²) < 4.78 is 49.6. The molecule has 1 saturated heterocycles. The van der Waals surface area contributed by atoms with Gasteiger partial charge in [0.05, 0.1) is 11.2 Å². The largest absolute Gasteiger partial charge is 0.478 e. The van der Waals surface area contributed by atoms with Crippen molar-refractivity contribution in [3.05, 3.63) is 47.2 Å². The molecule has 0 spiro atoms. The molecule has 31 heavy (non-hydrogen) atoms. The van der Waals surface area contributed by atoms with Gasteiger partial charge >= 0.3 is 6.18 Å². The Morgan fingerprint density at radius 1 is 1.32 bits per heavy atom. The van der Waals surface area contributed by atoms with Crippen LogP contribution in [0, 0.1) is 10.8 Å². The third-order valence-electron chi connectivity index (χ3n) is 4.92. The van der Waals surface area contributed by atoms with Crippen LogP contribution in [0.1, 0.15) is 26.2 Å². The van der Waals surface area contributed by atoms with Crippen LogP contribution in [0.3, 0.4) is 0 Å². The van der Waals surface area contributed by atoms with Crippen LogP contribution in [0.15, 0.2) is 36.7 Å². The molecule has 0 saturated carbocycles. The van der Waals surface area contributed by atoms with Crippen LogP contribution in [-0.2, 0) is 0 Å². The van der Waals surface area contributed by atoms with Gasteiger partial charge in [0.15, 0.2) is 12.4 Å². The van der Waals surface area contributed by atoms with E-state index in [1.165, 1.54) is 24.4 Å². The Balaban J connectivity index is 1.74. The average molecular weight is 474 g/mol. The summed E-state index contributed by atoms with van der Waals surface area (Å²) in [7, 11) is 0. The van der Waals surface area contributed by atoms with Gasteiger partial charge in [-0.2, -0.15) is 24.9 Å². The van der Waals surface area contributed by atoms with Gasteiger partial charge in [0.1, 0.15) is 11.2 Å². The lowest BCUT2D eigenvalue weighted by atomic mass is 9.81. The molecule has 0 radical (unpaired) electrons. The maximum absolute atomic E-state index is 12.5. The molecule has 1 aliphatic heterocycles. The third kappa shape index (κ3) is 7.21. The predicted octanol–water partition coefficient (Wildman–Crippen LogP) is 6.14. The summed E-state index contributed by atoms with van der Waals surface area (Å²) in [5.41, 5.74) is 0.502. The van der Waals surface area contributed by atoms with E-state index in [-0.39, 0.29) is 27.6 Å². The molecule has 10 heteroatoms. The van der Waals surface area contributed by atoms with Crippen molar-refractivity contribution in [2.45, 2.75) is 32.4 Å². The molecule has 2 aromatic rings. The summed E-state index contributed by atoms with van der Waals surface area (Å²) in [6.07, 6.45) is 5.38. The number of rotatable bonds is 7. The van der Waals surface area contributed by atoms with Crippen molar-refractivity contribution in [1.82, 2.24) is 9.55 Å². The van der Waals surface area contributed by atoms with Crippen molar-refractivity contribution in [2.24, 2.45) is 5.41 Å². The van der Waals surface area contributed by atoms with Crippen molar-refractivity contribution in [3.63, 3.8) is 0 Å². The van der Waals surface area contributed by atoms with Crippen LogP contribution in [0.5, 0.6) is 17.4 Å². The smallest absolute Gasteiger partial charge is 0.422 e. The molecule has 1 N–H and O–H groups in total. The van der Waals surface area contributed by atoms with Crippen LogP contribution in [0.2, 0.25) is 5.02 Å². The zero-order chi connectivity index (χ0) is 22.5. The maximum atomic E-state index is 12.5. The van der Waals surface area contributed by atoms with Crippen LogP contribution in [-0.4, -0.2) is 33.8 Å². The number of hydrogen-bond donors (Lipinski definition) is 1. The van der Waals surface area contributed by atoms with Crippen LogP contribution < -0.4 is 15.0 Å². The lowest BCUT2D eigenvalue weighted by molar-refractivity contribution is -0.153. The van der Waals surface area contributed by atoms with Crippen molar-refractivity contribution < 1.29 is 22.6 Å². The van der Waals surface area contributed by atoms with Crippen LogP contribution in [0.25, 0.3) is 6.20 Å². The molecule has 0 amide bonds. The first-order valence-corrected chi connectivity index (χ1v) is 11.2. The lowest BCUT2D eigenvalue weighted by Gasteiger charge is -2.32. The number of aromatic nitrogens is 2. The molecule has 2 aromatic heterocycles. The van der Waals surface area contributed by atoms with E-state index in [2.05, 4.69) is 11.9 Å². The summed E-state index contributed by atoms with van der Waals surface area (Å²) in [5.74, 6) is 2.26. The van der Waals surface area contributed by atoms with E-state index >= 15 is 0 Å². The topological polar surface area (TPSA) is 60.1 Å². The van der Waals surface area contributed by atoms with E-state index in [1.54, 1.807) is 17.0 Å². The second-order valence-corrected chi connectivity index (χ2v) is 9.29. The molecular weight excluding hydrogens is 451 g/mol. The number of ether oxygens (including phenoxy) is 2. The number of hydrogen-bond acceptors (Lipinski definition) is 5. The zero-order valence-corrected chi connectivity index (χ0v) is 18.5. The Bertz CT molecular complexity index is 989. The zero-order valence-electron chi connectivity index (χ0n) is 16.9. The van der Waals surface area contributed by atoms with Crippen LogP contribution in [0.4, 0.5) is 13.2 Å². The van der Waals surface area contributed by atoms with Gasteiger partial charge in [-0.05, 0) is 48.3 Å². The number of thioether (sulfide) groups is 1. The average Bonchev–Trinajstić information content (AvgIpc) is 2.70. The minimum atomic E-state index is -4.51. The number of nitrogens with zero attached hydrogens (tertiary/aromatic N) is 2. The number of pyridine rings is 2. The van der Waals surface area contributed by atoms with Crippen LogP contribution >= 0.6 is 23.4 Å². The highest BCUT2D eigenvalue weighted by Crippen LogP contribution is 2.38. The monoisotopic (exact) mass is 473 g/mol. The molecular formula is C21H23ClF3N3O2S. The normalized spacial score (nSPS) is 16.4. The number of allylic oxidation sites excluding steroid dienone is 1. The van der Waals surface area contributed by atoms with Gasteiger partial charge in [-0.1, -0.05) is 24.6 Å². The van der Waals surface area contributed by atoms with Gasteiger partial charge in [-0.3, -0.25) is 5.41 Å². The van der Waals surface area contributed by atoms with Gasteiger partial charge < -0.3 is 14.0 Å². The summed E-state index contributed by atoms with van der Waals surface area (Å²) in [6, 6.07) is 4.28. The van der Waals surface area contributed by atoms with E-state index in [0.29, 0.717) is 5.75 Å². The molecule has 0 aromatic carbocycles. The Morgan fingerprint density at radius 3 is 2.77 bits per heavy atom. The van der Waals surface area contributed by atoms with Crippen molar-refractivity contribution in [2.75, 3.05) is 18.1 Å². The first kappa shape index (κ1) is 23.5. The van der Waals surface area contributed by atoms with E-state index in [9.17, 15) is 13.2 Å². The molecule has 3 heterocycles. The molecule has 0 unspecified atom stereocenters. The fourth-order valence-corrected chi connectivity index (χ4v) is 4.69. The van der Waals surface area contributed by atoms with E-state index in [0.717, 1.165) is 30.8 Å². The quantitative estimate of drug-likeness (QED) is 0.524. The van der Waals surface area contributed by atoms with Crippen molar-refractivity contribution in [3.8, 4) is 17.4 Å². The van der Waals surface area contributed by atoms with E-state index in [4.69, 9.17) is 26.5 Å². The van der Waals surface area contributed by atoms with E-state index in [1.807, 2.05) is 17.8 Å². The molecule has 1 aliphatic rings. The maximum Gasteiger partial charge on any atom is 0.422 e. The molecule has 168 valence electrons. The highest BCUT2D eigenvalue weighted by Gasteiger charge is 2.29. The SMILES string of the molecule is CC1(C/C=C/n2cc(Oc3ncc(Cl)cc3OCC(F)(F)F)ccc2=N)CCSCC1. The summed E-state index contributed by atoms with van der Waals surface area (Å²) in [5, 5.41) is 8.22. The Morgan fingerprint density at radius 2 is 2.06 bits per heavy atom. The standard InChI is InChI=1S/C21H23ClF3N3O2S/c1-20(6-9-31-10-7-20)5-2-8-28-13-16(3-4-18(28)26)30-19-17(11-15(22)12-27-19)29-14-21(23,24)25/h2-4,8,11-13,26H,5-7,9-10,14H2,1H3/b8-2+,26-18?. The summed E-state index contributed by atoms with van der Waals surface area (Å²) in [6.45, 7) is 0.786. The number of nitrogens with one attached hydrogen (secondary N) is 1. The Hall–Kier alpha value is -2.13. The first-order valence-electron chi connectivity index (χ1n) is 9.68. The fourth-order valence-electron chi connectivity index (χ4n) is 3.06. The van der Waals surface area contributed by atoms with Crippen molar-refractivity contribution >= 4 is 29.6 Å². The van der Waals surface area contributed by atoms with Crippen molar-refractivity contribution in [1.29, 1.82) is 5.41 Å². The Labute approximate surface area is 187 Å². The fraction of sp³-hybridized carbons (Fsp3) is 0.429. The Kier molecular flexibility index (Phi) is 7.59. The molecule has 0 bridgehead atoms. The predicted molar refractivity (Wildman–Crippen MR) is 116 cm³/mol. The van der Waals surface area contributed by atoms with Gasteiger partial charge in [-0.25, -0.2) is 4.98 Å². The number of halogens is 4. The second-order valence-electron chi connectivity index (χ2n) is 7.63. The molecule has 3 rings (SSSR count). The summed E-state index contributed by atoms with van der Waals surface area (Å²) in [4.78, 5) is 3.94. The van der Waals surface area contributed by atoms with E-state index < -0.39 is 12.8 Å². The summed E-state index contributed by atoms with van der Waals surface area (Å²) >= 11 is 7.81. The second kappa shape index (κ2) is 9.99. The molecule has 1 fully saturated rings. The van der Waals surface area contributed by atoms with Gasteiger partial charge in [0.2, 0.25) is 0 Å². The lowest BCUT2D eigenvalue weighted by Crippen LogP contribution is -2.22. The molecule has 5 nitrogen and oxygen atoms in total. The third-order valence-corrected chi connectivity index (χ3v) is 6.11. The van der Waals surface area contributed by atoms with Gasteiger partial charge in [0, 0.05) is 18.5 Å². The minimum absolute atomic E-state index is 0.124. The highest BCUT2D eigenvalue weighted by atomic mass is 35.5. The van der Waals surface area contributed by atoms with Gasteiger partial charge in [0.25, 0.3) is 5.88 Å². The van der Waals surface area contributed by atoms with Gasteiger partial charge in [-0.15, -0.1) is 0 Å². The molecule has 0 atom stereocenters. The molecule has 0 aliphatic carbocycles. The highest BCUT2D eigenvalue weighted by molar-refractivity contribution is 7.99. The number of alkyl halides is 3. The first-order chi connectivity index (χ1) is 14.6. The minimum Gasteiger partial charge on any atom is -0.478 e.